The van der Waals surface area contributed by atoms with Gasteiger partial charge < -0.3 is 10.2 Å². The van der Waals surface area contributed by atoms with E-state index in [1.165, 1.54) is 25.7 Å². The van der Waals surface area contributed by atoms with E-state index in [1.54, 1.807) is 36.5 Å². The Hall–Kier alpha value is -2.09. The van der Waals surface area contributed by atoms with Crippen LogP contribution in [0.4, 0.5) is 11.5 Å². The zero-order valence-electron chi connectivity index (χ0n) is 17.1. The topological polar surface area (TPSA) is 85.7 Å². The van der Waals surface area contributed by atoms with Crippen LogP contribution >= 0.6 is 10.6 Å². The number of hydrogen-bond donors (Lipinski definition) is 3. The molecule has 6 nitrogen and oxygen atoms in total. The molecule has 0 unspecified atom stereocenters. The SMILES string of the molecule is O=C(Nc1cccc(S(O)(O)CC2CC2)c1)c1cccnc1N1CCC2(CC1)CC2. The summed E-state index contributed by atoms with van der Waals surface area (Å²) in [5.41, 5.74) is 1.69. The summed E-state index contributed by atoms with van der Waals surface area (Å²) in [6, 6.07) is 10.5. The maximum atomic E-state index is 13.1. The number of rotatable bonds is 6. The molecule has 3 N–H and O–H groups in total. The highest BCUT2D eigenvalue weighted by atomic mass is 32.3. The number of nitrogens with zero attached hydrogens (tertiary/aromatic N) is 2. The number of piperidine rings is 1. The van der Waals surface area contributed by atoms with Gasteiger partial charge in [0.2, 0.25) is 0 Å². The maximum absolute atomic E-state index is 13.1. The van der Waals surface area contributed by atoms with Crippen LogP contribution in [-0.4, -0.2) is 38.8 Å². The van der Waals surface area contributed by atoms with E-state index in [0.717, 1.165) is 31.7 Å². The summed E-state index contributed by atoms with van der Waals surface area (Å²) >= 11 is 0. The van der Waals surface area contributed by atoms with Gasteiger partial charge in [0.05, 0.1) is 10.5 Å². The number of pyridine rings is 1. The molecule has 1 aromatic heterocycles. The van der Waals surface area contributed by atoms with E-state index in [2.05, 4.69) is 15.2 Å². The number of nitrogens with one attached hydrogen (secondary N) is 1. The van der Waals surface area contributed by atoms with Crippen molar-refractivity contribution in [2.75, 3.05) is 29.1 Å². The number of carbonyl (C=O) groups excluding carboxylic acids is 1. The van der Waals surface area contributed by atoms with Crippen LogP contribution in [0.1, 0.15) is 48.9 Å². The summed E-state index contributed by atoms with van der Waals surface area (Å²) in [4.78, 5) is 20.3. The first kappa shape index (κ1) is 19.8. The van der Waals surface area contributed by atoms with Gasteiger partial charge in [-0.1, -0.05) is 6.07 Å². The molecule has 1 aliphatic heterocycles. The summed E-state index contributed by atoms with van der Waals surface area (Å²) in [7, 11) is -2.82. The molecule has 3 aliphatic rings. The monoisotopic (exact) mass is 427 g/mol. The first-order chi connectivity index (χ1) is 14.4. The zero-order valence-corrected chi connectivity index (χ0v) is 17.9. The molecule has 0 bridgehead atoms. The highest BCUT2D eigenvalue weighted by molar-refractivity contribution is 8.24. The van der Waals surface area contributed by atoms with Gasteiger partial charge in [-0.05, 0) is 80.2 Å². The molecule has 2 aliphatic carbocycles. The molecule has 1 aromatic carbocycles. The highest BCUT2D eigenvalue weighted by Crippen LogP contribution is 2.54. The van der Waals surface area contributed by atoms with Gasteiger partial charge in [0.25, 0.3) is 5.91 Å². The fraction of sp³-hybridized carbons (Fsp3) is 0.478. The Morgan fingerprint density at radius 1 is 1.13 bits per heavy atom. The Bertz CT molecular complexity index is 946. The van der Waals surface area contributed by atoms with E-state index in [-0.39, 0.29) is 5.91 Å². The number of carbonyl (C=O) groups is 1. The Morgan fingerprint density at radius 3 is 2.60 bits per heavy atom. The number of hydrogen-bond acceptors (Lipinski definition) is 5. The van der Waals surface area contributed by atoms with Crippen LogP contribution in [0.2, 0.25) is 0 Å². The van der Waals surface area contributed by atoms with Gasteiger partial charge in [0.1, 0.15) is 5.82 Å². The zero-order chi connectivity index (χ0) is 20.8. The van der Waals surface area contributed by atoms with Crippen molar-refractivity contribution in [3.05, 3.63) is 48.2 Å². The number of amides is 1. The van der Waals surface area contributed by atoms with Crippen molar-refractivity contribution in [3.8, 4) is 0 Å². The van der Waals surface area contributed by atoms with Crippen LogP contribution in [0.5, 0.6) is 0 Å². The third-order valence-corrected chi connectivity index (χ3v) is 8.69. The number of anilines is 2. The summed E-state index contributed by atoms with van der Waals surface area (Å²) in [6.45, 7) is 1.88. The van der Waals surface area contributed by atoms with E-state index < -0.39 is 10.6 Å². The van der Waals surface area contributed by atoms with Crippen molar-refractivity contribution < 1.29 is 13.9 Å². The minimum Gasteiger partial charge on any atom is -0.356 e. The van der Waals surface area contributed by atoms with Gasteiger partial charge >= 0.3 is 0 Å². The molecule has 7 heteroatoms. The van der Waals surface area contributed by atoms with Crippen molar-refractivity contribution >= 4 is 28.0 Å². The lowest BCUT2D eigenvalue weighted by atomic mass is 9.93. The largest absolute Gasteiger partial charge is 0.356 e. The van der Waals surface area contributed by atoms with Gasteiger partial charge in [-0.2, -0.15) is 10.6 Å². The fourth-order valence-corrected chi connectivity index (χ4v) is 6.18. The molecule has 2 heterocycles. The third-order valence-electron chi connectivity index (χ3n) is 6.75. The Labute approximate surface area is 179 Å². The van der Waals surface area contributed by atoms with Crippen LogP contribution < -0.4 is 10.2 Å². The van der Waals surface area contributed by atoms with Crippen molar-refractivity contribution in [2.45, 2.75) is 43.4 Å². The molecule has 2 aromatic rings. The van der Waals surface area contributed by atoms with Crippen LogP contribution in [0.15, 0.2) is 47.5 Å². The molecule has 3 fully saturated rings. The molecule has 0 radical (unpaired) electrons. The quantitative estimate of drug-likeness (QED) is 0.587. The molecule has 1 saturated heterocycles. The van der Waals surface area contributed by atoms with Gasteiger partial charge in [-0.3, -0.25) is 13.9 Å². The van der Waals surface area contributed by atoms with E-state index in [4.69, 9.17) is 0 Å². The Kier molecular flexibility index (Phi) is 5.00. The lowest BCUT2D eigenvalue weighted by Crippen LogP contribution is -2.36. The van der Waals surface area contributed by atoms with Gasteiger partial charge in [0, 0.05) is 30.7 Å². The number of benzene rings is 1. The predicted molar refractivity (Wildman–Crippen MR) is 120 cm³/mol. The van der Waals surface area contributed by atoms with Crippen LogP contribution in [0, 0.1) is 11.3 Å². The molecular weight excluding hydrogens is 398 g/mol. The lowest BCUT2D eigenvalue weighted by Gasteiger charge is -2.34. The molecule has 1 spiro atoms. The average molecular weight is 428 g/mol. The van der Waals surface area contributed by atoms with Crippen LogP contribution in [-0.2, 0) is 0 Å². The molecule has 160 valence electrons. The van der Waals surface area contributed by atoms with E-state index in [1.807, 2.05) is 6.07 Å². The third kappa shape index (κ3) is 4.19. The van der Waals surface area contributed by atoms with Crippen molar-refractivity contribution in [3.63, 3.8) is 0 Å². The highest BCUT2D eigenvalue weighted by Gasteiger charge is 2.44. The smallest absolute Gasteiger partial charge is 0.259 e. The van der Waals surface area contributed by atoms with Gasteiger partial charge in [-0.15, -0.1) is 0 Å². The minimum atomic E-state index is -2.82. The average Bonchev–Trinajstić information content (AvgIpc) is 3.68. The first-order valence-electron chi connectivity index (χ1n) is 10.8. The second-order valence-corrected chi connectivity index (χ2v) is 11.3. The summed E-state index contributed by atoms with van der Waals surface area (Å²) in [5.74, 6) is 1.33. The van der Waals surface area contributed by atoms with Crippen molar-refractivity contribution in [1.29, 1.82) is 0 Å². The Morgan fingerprint density at radius 2 is 1.90 bits per heavy atom. The minimum absolute atomic E-state index is 0.222. The second kappa shape index (κ2) is 7.55. The van der Waals surface area contributed by atoms with Crippen LogP contribution in [0.3, 0.4) is 0 Å². The van der Waals surface area contributed by atoms with Gasteiger partial charge in [-0.25, -0.2) is 4.98 Å². The molecule has 5 rings (SSSR count). The summed E-state index contributed by atoms with van der Waals surface area (Å²) < 4.78 is 21.1. The van der Waals surface area contributed by atoms with Crippen LogP contribution in [0.25, 0.3) is 0 Å². The van der Waals surface area contributed by atoms with Crippen molar-refractivity contribution in [2.24, 2.45) is 11.3 Å². The fourth-order valence-electron chi connectivity index (χ4n) is 4.38. The van der Waals surface area contributed by atoms with E-state index >= 15 is 0 Å². The van der Waals surface area contributed by atoms with Gasteiger partial charge in [0.15, 0.2) is 0 Å². The molecule has 0 atom stereocenters. The molecule has 1 amide bonds. The lowest BCUT2D eigenvalue weighted by molar-refractivity contribution is 0.102. The number of aromatic nitrogens is 1. The van der Waals surface area contributed by atoms with E-state index in [0.29, 0.717) is 33.2 Å². The standard InChI is InChI=1S/C23H29N3O3S/c27-22(25-18-3-1-4-19(15-18)30(28,29)16-17-6-7-17)20-5-2-12-24-21(20)26-13-10-23(8-9-23)11-14-26/h1-5,12,15,17,28-29H,6-11,13-14,16H2,(H,25,27). The maximum Gasteiger partial charge on any atom is 0.259 e. The predicted octanol–water partition coefficient (Wildman–Crippen LogP) is 5.23. The Balaban J connectivity index is 1.32. The van der Waals surface area contributed by atoms with Crippen molar-refractivity contribution in [1.82, 2.24) is 4.98 Å². The van der Waals surface area contributed by atoms with E-state index in [9.17, 15) is 13.9 Å². The first-order valence-corrected chi connectivity index (χ1v) is 12.5. The molecule has 2 saturated carbocycles. The molecule has 30 heavy (non-hydrogen) atoms. The summed E-state index contributed by atoms with van der Waals surface area (Å²) in [6.07, 6.45) is 8.89. The normalized spacial score (nSPS) is 20.8. The second-order valence-electron chi connectivity index (χ2n) is 9.12. The molecular formula is C23H29N3O3S. The summed E-state index contributed by atoms with van der Waals surface area (Å²) in [5, 5.41) is 2.93.